The first kappa shape index (κ1) is 47.9. The smallest absolute Gasteiger partial charge is 0.276 e. The van der Waals surface area contributed by atoms with Crippen LogP contribution in [0.15, 0.2) is 83.1 Å². The molecule has 0 radical (unpaired) electrons. The Labute approximate surface area is 412 Å². The van der Waals surface area contributed by atoms with Crippen molar-refractivity contribution < 1.29 is 38.1 Å². The minimum atomic E-state index is -0.427. The van der Waals surface area contributed by atoms with Crippen LogP contribution in [-0.4, -0.2) is 94.3 Å². The Bertz CT molecular complexity index is 2980. The number of likely N-dealkylation sites (tertiary alicyclic amines) is 1. The molecule has 5 aromatic rings. The van der Waals surface area contributed by atoms with E-state index in [1.807, 2.05) is 96.6 Å². The van der Waals surface area contributed by atoms with Crippen LogP contribution in [0, 0.1) is 11.8 Å². The summed E-state index contributed by atoms with van der Waals surface area (Å²) in [7, 11) is 3.26. The molecule has 70 heavy (non-hydrogen) atoms. The third-order valence-corrected chi connectivity index (χ3v) is 13.8. The van der Waals surface area contributed by atoms with E-state index >= 15 is 4.79 Å². The third-order valence-electron chi connectivity index (χ3n) is 13.2. The number of allylic oxidation sites excluding steroid dienone is 7. The molecule has 7 heterocycles. The number of ether oxygens (including phenoxy) is 5. The zero-order valence-electron chi connectivity index (χ0n) is 40.6. The average Bonchev–Trinajstić information content (AvgIpc) is 4.09. The largest absolute Gasteiger partial charge is 0.496 e. The molecule has 15 nitrogen and oxygen atoms in total. The van der Waals surface area contributed by atoms with E-state index < -0.39 is 5.92 Å². The molecule has 9 rings (SSSR count). The van der Waals surface area contributed by atoms with Crippen LogP contribution in [0.5, 0.6) is 23.0 Å². The molecule has 2 atom stereocenters. The van der Waals surface area contributed by atoms with Gasteiger partial charge in [-0.1, -0.05) is 42.0 Å². The highest BCUT2D eigenvalue weighted by molar-refractivity contribution is 7.08. The van der Waals surface area contributed by atoms with Gasteiger partial charge in [0, 0.05) is 76.4 Å². The van der Waals surface area contributed by atoms with Crippen LogP contribution < -0.4 is 24.7 Å². The molecule has 0 spiro atoms. The van der Waals surface area contributed by atoms with Crippen molar-refractivity contribution in [2.24, 2.45) is 17.6 Å². The van der Waals surface area contributed by atoms with E-state index in [9.17, 15) is 9.59 Å². The van der Waals surface area contributed by atoms with Crippen LogP contribution in [-0.2, 0) is 22.7 Å². The SMILES string of the molecule is C=CC=C(C=CC)n1nc(C(=O)N2CCCOC2)c2c1-c1cc(C=C(C)CC3CC(C(N)=O)CCN(C(=O)c4nn(-c5ccsc5)c5c4COc4cc(OC)c(C=C(C)C)cc4-5)C3)c(OC)cc1OC2. The van der Waals surface area contributed by atoms with Crippen LogP contribution in [0.25, 0.3) is 46.1 Å². The summed E-state index contributed by atoms with van der Waals surface area (Å²) >= 11 is 1.55. The van der Waals surface area contributed by atoms with Crippen molar-refractivity contribution in [1.29, 1.82) is 0 Å². The maximum atomic E-state index is 15.0. The molecule has 16 heteroatoms. The molecule has 2 aromatic carbocycles. The van der Waals surface area contributed by atoms with Crippen LogP contribution in [0.2, 0.25) is 0 Å². The number of rotatable bonds is 13. The van der Waals surface area contributed by atoms with E-state index in [1.165, 1.54) is 0 Å². The van der Waals surface area contributed by atoms with Crippen molar-refractivity contribution in [3.8, 4) is 51.2 Å². The van der Waals surface area contributed by atoms with Crippen molar-refractivity contribution in [3.63, 3.8) is 0 Å². The minimum absolute atomic E-state index is 0.120. The van der Waals surface area contributed by atoms with Gasteiger partial charge in [-0.3, -0.25) is 14.4 Å². The standard InChI is InChI=1S/C54H59N7O8S/c1-8-11-38(12-9-2)60-50-41-24-37(45(66-7)26-47(41)69-29-43(50)49(56-60)54(64)59-15-10-17-67-31-59)21-33(5)20-34-22-35(52(55)62)13-16-58(27-34)53(63)48-42-28-68-46-25-44(65-6)36(19-32(3)4)23-40(46)51(42)61(57-48)39-14-18-70-30-39/h8-9,11-12,14,18-19,21,23-26,30,34-35H,1,10,13,15-17,20,22,27-29,31H2,2-7H3,(H2,55,62). The topological polar surface area (TPSA) is 165 Å². The highest BCUT2D eigenvalue weighted by atomic mass is 32.1. The van der Waals surface area contributed by atoms with E-state index in [2.05, 4.69) is 18.7 Å². The number of nitrogens with zero attached hydrogens (tertiary/aromatic N) is 6. The van der Waals surface area contributed by atoms with E-state index in [-0.39, 0.29) is 43.6 Å². The van der Waals surface area contributed by atoms with Gasteiger partial charge in [0.15, 0.2) is 11.4 Å². The lowest BCUT2D eigenvalue weighted by atomic mass is 9.88. The Morgan fingerprint density at radius 1 is 0.900 bits per heavy atom. The second-order valence-corrected chi connectivity index (χ2v) is 19.1. The number of carbonyl (C=O) groups is 3. The maximum Gasteiger partial charge on any atom is 0.276 e. The molecule has 4 aliphatic rings. The second kappa shape index (κ2) is 20.4. The van der Waals surface area contributed by atoms with Crippen molar-refractivity contribution >= 4 is 46.9 Å². The van der Waals surface area contributed by atoms with Gasteiger partial charge in [-0.2, -0.15) is 21.5 Å². The van der Waals surface area contributed by atoms with Gasteiger partial charge >= 0.3 is 0 Å². The van der Waals surface area contributed by atoms with Crippen molar-refractivity contribution in [1.82, 2.24) is 29.4 Å². The molecule has 2 unspecified atom stereocenters. The van der Waals surface area contributed by atoms with Gasteiger partial charge in [0.1, 0.15) is 42.9 Å². The number of nitrogens with two attached hydrogens (primary N) is 1. The lowest BCUT2D eigenvalue weighted by Gasteiger charge is -2.26. The number of carbonyl (C=O) groups excluding carboxylic acids is 3. The molecule has 4 aliphatic heterocycles. The van der Waals surface area contributed by atoms with Crippen molar-refractivity contribution in [3.05, 3.63) is 117 Å². The zero-order valence-corrected chi connectivity index (χ0v) is 41.4. The summed E-state index contributed by atoms with van der Waals surface area (Å²) in [5, 5.41) is 14.0. The van der Waals surface area contributed by atoms with E-state index in [0.29, 0.717) is 91.0 Å². The van der Waals surface area contributed by atoms with E-state index in [0.717, 1.165) is 62.6 Å². The van der Waals surface area contributed by atoms with Gasteiger partial charge in [-0.25, -0.2) is 9.36 Å². The molecule has 2 fully saturated rings. The summed E-state index contributed by atoms with van der Waals surface area (Å²) in [5.41, 5.74) is 16.4. The number of methoxy groups -OCH3 is 2. The fourth-order valence-corrected chi connectivity index (χ4v) is 10.6. The Morgan fingerprint density at radius 3 is 2.19 bits per heavy atom. The number of thiophene rings is 1. The monoisotopic (exact) mass is 965 g/mol. The number of hydrogen-bond acceptors (Lipinski definition) is 11. The van der Waals surface area contributed by atoms with Gasteiger partial charge in [-0.05, 0) is 95.0 Å². The molecule has 2 saturated heterocycles. The first-order chi connectivity index (χ1) is 33.9. The Morgan fingerprint density at radius 2 is 1.57 bits per heavy atom. The van der Waals surface area contributed by atoms with Crippen molar-refractivity contribution in [2.45, 2.75) is 66.6 Å². The molecule has 0 bridgehead atoms. The van der Waals surface area contributed by atoms with Crippen LogP contribution in [0.3, 0.4) is 0 Å². The summed E-state index contributed by atoms with van der Waals surface area (Å²) in [5.74, 6) is 1.13. The first-order valence-corrected chi connectivity index (χ1v) is 24.6. The number of aromatic nitrogens is 4. The van der Waals surface area contributed by atoms with Gasteiger partial charge in [0.05, 0.1) is 43.6 Å². The molecular weight excluding hydrogens is 907 g/mol. The number of hydrogen-bond donors (Lipinski definition) is 1. The van der Waals surface area contributed by atoms with Gasteiger partial charge < -0.3 is 39.2 Å². The third kappa shape index (κ3) is 9.32. The summed E-state index contributed by atoms with van der Waals surface area (Å²) in [6.45, 7) is 14.3. The molecular formula is C54H59N7O8S. The zero-order chi connectivity index (χ0) is 49.2. The molecule has 0 saturated carbocycles. The number of fused-ring (bicyclic) bond motifs is 6. The quantitative estimate of drug-likeness (QED) is 0.112. The predicted molar refractivity (Wildman–Crippen MR) is 271 cm³/mol. The predicted octanol–water partition coefficient (Wildman–Crippen LogP) is 9.56. The lowest BCUT2D eigenvalue weighted by molar-refractivity contribution is -0.122. The maximum absolute atomic E-state index is 15.0. The molecule has 0 aliphatic carbocycles. The molecule has 2 N–H and O–H groups in total. The van der Waals surface area contributed by atoms with E-state index in [1.54, 1.807) is 41.2 Å². The van der Waals surface area contributed by atoms with Crippen molar-refractivity contribution in [2.75, 3.05) is 47.2 Å². The fraction of sp³-hybridized carbons (Fsp3) is 0.352. The van der Waals surface area contributed by atoms with Gasteiger partial charge in [0.2, 0.25) is 5.91 Å². The van der Waals surface area contributed by atoms with Crippen LogP contribution in [0.1, 0.15) is 96.6 Å². The number of benzene rings is 2. The minimum Gasteiger partial charge on any atom is -0.496 e. The number of primary amides is 1. The second-order valence-electron chi connectivity index (χ2n) is 18.4. The highest BCUT2D eigenvalue weighted by Crippen LogP contribution is 2.46. The summed E-state index contributed by atoms with van der Waals surface area (Å²) in [4.78, 5) is 45.5. The fourth-order valence-electron chi connectivity index (χ4n) is 10.0. The Balaban J connectivity index is 1.06. The first-order valence-electron chi connectivity index (χ1n) is 23.6. The van der Waals surface area contributed by atoms with Crippen LogP contribution in [0.4, 0.5) is 0 Å². The van der Waals surface area contributed by atoms with Gasteiger partial charge in [-0.15, -0.1) is 0 Å². The summed E-state index contributed by atoms with van der Waals surface area (Å²) < 4.78 is 33.7. The Hall–Kier alpha value is -7.17. The number of amides is 3. The average molecular weight is 966 g/mol. The van der Waals surface area contributed by atoms with E-state index in [4.69, 9.17) is 39.6 Å². The Kier molecular flexibility index (Phi) is 14.0. The van der Waals surface area contributed by atoms with Crippen LogP contribution >= 0.6 is 11.3 Å². The van der Waals surface area contributed by atoms with Gasteiger partial charge in [0.25, 0.3) is 11.8 Å². The normalized spacial score (nSPS) is 17.9. The molecule has 3 aromatic heterocycles. The highest BCUT2D eigenvalue weighted by Gasteiger charge is 2.37. The molecule has 364 valence electrons. The lowest BCUT2D eigenvalue weighted by Crippen LogP contribution is -2.38. The summed E-state index contributed by atoms with van der Waals surface area (Å²) in [6, 6.07) is 9.80. The molecule has 3 amide bonds. The summed E-state index contributed by atoms with van der Waals surface area (Å²) in [6.07, 6.45) is 13.8.